The number of nitrogens with one attached hydrogen (secondary N) is 2. The van der Waals surface area contributed by atoms with E-state index < -0.39 is 0 Å². The van der Waals surface area contributed by atoms with Gasteiger partial charge in [0.15, 0.2) is 0 Å². The summed E-state index contributed by atoms with van der Waals surface area (Å²) in [5.74, 6) is 8.58. The van der Waals surface area contributed by atoms with E-state index in [0.29, 0.717) is 17.7 Å². The highest BCUT2D eigenvalue weighted by atomic mass is 16.1. The van der Waals surface area contributed by atoms with E-state index >= 15 is 0 Å². The number of anilines is 1. The lowest BCUT2D eigenvalue weighted by atomic mass is 10.0. The number of terminal acetylenes is 1. The van der Waals surface area contributed by atoms with Crippen LogP contribution in [0.25, 0.3) is 0 Å². The molecule has 0 radical (unpaired) electrons. The predicted molar refractivity (Wildman–Crippen MR) is 115 cm³/mol. The Hall–Kier alpha value is -3.70. The first kappa shape index (κ1) is 20.6. The third kappa shape index (κ3) is 5.40. The van der Waals surface area contributed by atoms with Crippen molar-refractivity contribution in [3.63, 3.8) is 0 Å². The Morgan fingerprint density at radius 2 is 2.07 bits per heavy atom. The van der Waals surface area contributed by atoms with E-state index in [1.165, 1.54) is 0 Å². The minimum absolute atomic E-state index is 0.0394. The minimum atomic E-state index is -0.316. The van der Waals surface area contributed by atoms with Gasteiger partial charge in [-0.2, -0.15) is 0 Å². The Bertz CT molecular complexity index is 992. The molecule has 2 aromatic carbocycles. The lowest BCUT2D eigenvalue weighted by Gasteiger charge is -2.16. The summed E-state index contributed by atoms with van der Waals surface area (Å²) < 4.78 is 0. The molecule has 0 bridgehead atoms. The Labute approximate surface area is 166 Å². The molecule has 0 aromatic heterocycles. The van der Waals surface area contributed by atoms with Crippen LogP contribution in [-0.4, -0.2) is 31.4 Å². The van der Waals surface area contributed by atoms with Crippen molar-refractivity contribution < 1.29 is 4.79 Å². The number of nitrogens with two attached hydrogens (primary N) is 1. The number of carbonyl (C=O) groups excluding carboxylic acids is 1. The summed E-state index contributed by atoms with van der Waals surface area (Å²) in [5, 5.41) is 10.3. The van der Waals surface area contributed by atoms with Gasteiger partial charge in [-0.15, -0.1) is 6.42 Å². The first-order valence-corrected chi connectivity index (χ1v) is 8.84. The Morgan fingerprint density at radius 3 is 2.71 bits per heavy atom. The maximum Gasteiger partial charge on any atom is 0.252 e. The molecule has 1 amide bonds. The zero-order chi connectivity index (χ0) is 20.7. The smallest absolute Gasteiger partial charge is 0.252 e. The van der Waals surface area contributed by atoms with Gasteiger partial charge in [0, 0.05) is 29.4 Å². The number of nitrogens with zero attached hydrogens (tertiary/aromatic N) is 1. The molecule has 0 aliphatic heterocycles. The van der Waals surface area contributed by atoms with Crippen LogP contribution in [0, 0.1) is 36.5 Å². The van der Waals surface area contributed by atoms with Crippen molar-refractivity contribution in [2.45, 2.75) is 19.9 Å². The van der Waals surface area contributed by atoms with Crippen LogP contribution in [0.3, 0.4) is 0 Å². The second-order valence-electron chi connectivity index (χ2n) is 6.51. The lowest BCUT2D eigenvalue weighted by Crippen LogP contribution is -2.31. The second-order valence-corrected chi connectivity index (χ2v) is 6.51. The van der Waals surface area contributed by atoms with Crippen molar-refractivity contribution in [3.05, 3.63) is 64.7 Å². The van der Waals surface area contributed by atoms with Gasteiger partial charge in [-0.1, -0.05) is 29.9 Å². The van der Waals surface area contributed by atoms with Crippen molar-refractivity contribution in [2.24, 2.45) is 5.73 Å². The highest BCUT2D eigenvalue weighted by molar-refractivity contribution is 5.96. The normalized spacial score (nSPS) is 10.8. The van der Waals surface area contributed by atoms with Crippen LogP contribution in [0.15, 0.2) is 42.5 Å². The van der Waals surface area contributed by atoms with Crippen molar-refractivity contribution in [1.82, 2.24) is 5.32 Å². The fourth-order valence-electron chi connectivity index (χ4n) is 2.57. The van der Waals surface area contributed by atoms with Crippen LogP contribution in [-0.2, 0) is 0 Å². The Balaban J connectivity index is 2.07. The summed E-state index contributed by atoms with van der Waals surface area (Å²) in [6.45, 7) is 4.15. The van der Waals surface area contributed by atoms with E-state index in [1.54, 1.807) is 19.1 Å². The zero-order valence-electron chi connectivity index (χ0n) is 16.3. The molecule has 0 heterocycles. The molecule has 0 saturated heterocycles. The monoisotopic (exact) mass is 372 g/mol. The molecular formula is C23H24N4O. The summed E-state index contributed by atoms with van der Waals surface area (Å²) >= 11 is 0. The van der Waals surface area contributed by atoms with E-state index in [9.17, 15) is 4.79 Å². The van der Waals surface area contributed by atoms with Gasteiger partial charge in [0.05, 0.1) is 12.6 Å². The molecule has 0 aliphatic rings. The highest BCUT2D eigenvalue weighted by Crippen LogP contribution is 2.14. The standard InChI is InChI=1S/C23H24N4O/c1-5-17(3)26-23(28)21-12-11-18(14-16(21)2)8-7-13-27(4)20-10-6-9-19(15-20)22(24)25/h1,6,9-12,14-15,17H,13H2,2-4H3,(H3,24,25)(H,26,28). The number of amidine groups is 1. The summed E-state index contributed by atoms with van der Waals surface area (Å²) in [6, 6.07) is 12.6. The molecule has 142 valence electrons. The van der Waals surface area contributed by atoms with Gasteiger partial charge in [-0.3, -0.25) is 10.2 Å². The number of amides is 1. The minimum Gasteiger partial charge on any atom is -0.384 e. The van der Waals surface area contributed by atoms with Crippen LogP contribution in [0.4, 0.5) is 5.69 Å². The third-order valence-corrected chi connectivity index (χ3v) is 4.22. The van der Waals surface area contributed by atoms with Crippen molar-refractivity contribution in [2.75, 3.05) is 18.5 Å². The average Bonchev–Trinajstić information content (AvgIpc) is 2.67. The quantitative estimate of drug-likeness (QED) is 0.428. The summed E-state index contributed by atoms with van der Waals surface area (Å²) in [6.07, 6.45) is 5.30. The maximum atomic E-state index is 12.2. The second kappa shape index (κ2) is 9.30. The number of rotatable bonds is 5. The van der Waals surface area contributed by atoms with Gasteiger partial charge in [-0.05, 0) is 49.7 Å². The zero-order valence-corrected chi connectivity index (χ0v) is 16.3. The summed E-state index contributed by atoms with van der Waals surface area (Å²) in [5.41, 5.74) is 9.43. The van der Waals surface area contributed by atoms with Crippen molar-refractivity contribution in [1.29, 1.82) is 5.41 Å². The molecule has 28 heavy (non-hydrogen) atoms. The molecule has 0 saturated carbocycles. The largest absolute Gasteiger partial charge is 0.384 e. The van der Waals surface area contributed by atoms with E-state index in [-0.39, 0.29) is 17.8 Å². The number of carbonyl (C=O) groups is 1. The average molecular weight is 372 g/mol. The summed E-state index contributed by atoms with van der Waals surface area (Å²) in [4.78, 5) is 14.2. The fourth-order valence-corrected chi connectivity index (χ4v) is 2.57. The molecule has 4 N–H and O–H groups in total. The number of nitrogen functional groups attached to an aromatic ring is 1. The van der Waals surface area contributed by atoms with Gasteiger partial charge >= 0.3 is 0 Å². The van der Waals surface area contributed by atoms with E-state index in [0.717, 1.165) is 16.8 Å². The fraction of sp³-hybridized carbons (Fsp3) is 0.217. The van der Waals surface area contributed by atoms with Gasteiger partial charge in [0.2, 0.25) is 0 Å². The van der Waals surface area contributed by atoms with E-state index in [4.69, 9.17) is 17.6 Å². The lowest BCUT2D eigenvalue weighted by molar-refractivity contribution is 0.0947. The van der Waals surface area contributed by atoms with Crippen LogP contribution in [0.1, 0.15) is 34.0 Å². The Kier molecular flexibility index (Phi) is 6.84. The van der Waals surface area contributed by atoms with Gasteiger partial charge in [-0.25, -0.2) is 0 Å². The predicted octanol–water partition coefficient (Wildman–Crippen LogP) is 2.52. The first-order chi connectivity index (χ1) is 13.3. The Morgan fingerprint density at radius 1 is 1.32 bits per heavy atom. The van der Waals surface area contributed by atoms with E-state index in [1.807, 2.05) is 49.2 Å². The number of benzene rings is 2. The van der Waals surface area contributed by atoms with Gasteiger partial charge in [0.1, 0.15) is 5.84 Å². The molecule has 1 unspecified atom stereocenters. The molecule has 2 rings (SSSR count). The van der Waals surface area contributed by atoms with Crippen LogP contribution < -0.4 is 16.0 Å². The molecule has 5 nitrogen and oxygen atoms in total. The van der Waals surface area contributed by atoms with Crippen molar-refractivity contribution in [3.8, 4) is 24.2 Å². The number of aryl methyl sites for hydroxylation is 1. The molecule has 0 fully saturated rings. The van der Waals surface area contributed by atoms with E-state index in [2.05, 4.69) is 23.1 Å². The van der Waals surface area contributed by atoms with Crippen molar-refractivity contribution >= 4 is 17.4 Å². The molecule has 5 heteroatoms. The van der Waals surface area contributed by atoms with Gasteiger partial charge in [0.25, 0.3) is 5.91 Å². The van der Waals surface area contributed by atoms with Crippen LogP contribution in [0.2, 0.25) is 0 Å². The van der Waals surface area contributed by atoms with Crippen LogP contribution >= 0.6 is 0 Å². The van der Waals surface area contributed by atoms with Gasteiger partial charge < -0.3 is 16.0 Å². The number of hydrogen-bond donors (Lipinski definition) is 3. The third-order valence-electron chi connectivity index (χ3n) is 4.22. The number of hydrogen-bond acceptors (Lipinski definition) is 3. The molecule has 0 aliphatic carbocycles. The highest BCUT2D eigenvalue weighted by Gasteiger charge is 2.10. The summed E-state index contributed by atoms with van der Waals surface area (Å²) in [7, 11) is 1.93. The molecular weight excluding hydrogens is 348 g/mol. The SMILES string of the molecule is C#CC(C)NC(=O)c1ccc(C#CCN(C)c2cccc(C(=N)N)c2)cc1C. The topological polar surface area (TPSA) is 82.2 Å². The first-order valence-electron chi connectivity index (χ1n) is 8.84. The maximum absolute atomic E-state index is 12.2. The molecule has 2 aromatic rings. The molecule has 0 spiro atoms. The van der Waals surface area contributed by atoms with Crippen LogP contribution in [0.5, 0.6) is 0 Å². The molecule has 1 atom stereocenters.